The first-order valence-corrected chi connectivity index (χ1v) is 6.96. The van der Waals surface area contributed by atoms with E-state index in [0.29, 0.717) is 17.6 Å². The molecule has 2 aromatic carbocycles. The van der Waals surface area contributed by atoms with E-state index in [1.54, 1.807) is 12.1 Å². The van der Waals surface area contributed by atoms with Crippen LogP contribution in [0.3, 0.4) is 0 Å². The highest BCUT2D eigenvalue weighted by Gasteiger charge is 2.29. The Labute approximate surface area is 128 Å². The van der Waals surface area contributed by atoms with Gasteiger partial charge in [-0.15, -0.1) is 0 Å². The number of alkyl halides is 3. The predicted molar refractivity (Wildman–Crippen MR) is 76.1 cm³/mol. The minimum absolute atomic E-state index is 0.332. The molecule has 0 fully saturated rings. The molecule has 1 nitrogen and oxygen atoms in total. The van der Waals surface area contributed by atoms with Gasteiger partial charge in [0.1, 0.15) is 5.82 Å². The second-order valence-corrected chi connectivity index (χ2v) is 5.40. The van der Waals surface area contributed by atoms with Crippen LogP contribution in [0.5, 0.6) is 0 Å². The van der Waals surface area contributed by atoms with E-state index < -0.39 is 11.7 Å². The molecule has 0 aliphatic carbocycles. The van der Waals surface area contributed by atoms with Crippen molar-refractivity contribution in [3.63, 3.8) is 0 Å². The van der Waals surface area contributed by atoms with Crippen LogP contribution < -0.4 is 5.32 Å². The smallest absolute Gasteiger partial charge is 0.309 e. The molecule has 21 heavy (non-hydrogen) atoms. The van der Waals surface area contributed by atoms with Crippen molar-refractivity contribution in [3.8, 4) is 0 Å². The van der Waals surface area contributed by atoms with Gasteiger partial charge in [0.25, 0.3) is 0 Å². The lowest BCUT2D eigenvalue weighted by Gasteiger charge is -2.09. The monoisotopic (exact) mass is 361 g/mol. The van der Waals surface area contributed by atoms with Crippen molar-refractivity contribution in [2.45, 2.75) is 19.3 Å². The molecule has 0 radical (unpaired) electrons. The summed E-state index contributed by atoms with van der Waals surface area (Å²) in [4.78, 5) is 0. The summed E-state index contributed by atoms with van der Waals surface area (Å²) in [6.45, 7) is 0.938. The zero-order valence-electron chi connectivity index (χ0n) is 10.8. The van der Waals surface area contributed by atoms with Crippen LogP contribution in [0.25, 0.3) is 0 Å². The second-order valence-electron chi connectivity index (χ2n) is 4.55. The highest BCUT2D eigenvalue weighted by molar-refractivity contribution is 9.10. The molecule has 2 aromatic rings. The Balaban J connectivity index is 1.90. The first kappa shape index (κ1) is 16.0. The molecule has 0 saturated heterocycles. The van der Waals surface area contributed by atoms with Crippen LogP contribution >= 0.6 is 15.9 Å². The highest BCUT2D eigenvalue weighted by Crippen LogP contribution is 2.29. The van der Waals surface area contributed by atoms with Gasteiger partial charge in [0, 0.05) is 13.1 Å². The number of benzene rings is 2. The first-order valence-electron chi connectivity index (χ1n) is 6.17. The molecule has 112 valence electrons. The lowest BCUT2D eigenvalue weighted by Crippen LogP contribution is -2.13. The topological polar surface area (TPSA) is 12.0 Å². The van der Waals surface area contributed by atoms with Gasteiger partial charge in [0.2, 0.25) is 0 Å². The van der Waals surface area contributed by atoms with Gasteiger partial charge in [0.05, 0.1) is 10.0 Å². The van der Waals surface area contributed by atoms with Crippen LogP contribution in [0.15, 0.2) is 46.9 Å². The minimum atomic E-state index is -4.31. The molecule has 0 aliphatic rings. The Morgan fingerprint density at radius 2 is 1.48 bits per heavy atom. The maximum Gasteiger partial charge on any atom is 0.416 e. The van der Waals surface area contributed by atoms with E-state index in [2.05, 4.69) is 21.2 Å². The van der Waals surface area contributed by atoms with Crippen LogP contribution in [-0.2, 0) is 19.3 Å². The van der Waals surface area contributed by atoms with Gasteiger partial charge in [-0.1, -0.05) is 18.2 Å². The average Bonchev–Trinajstić information content (AvgIpc) is 2.42. The highest BCUT2D eigenvalue weighted by atomic mass is 79.9. The third kappa shape index (κ3) is 4.54. The fraction of sp³-hybridized carbons (Fsp3) is 0.200. The number of rotatable bonds is 4. The van der Waals surface area contributed by atoms with Gasteiger partial charge in [-0.3, -0.25) is 0 Å². The lowest BCUT2D eigenvalue weighted by atomic mass is 10.1. The third-order valence-electron chi connectivity index (χ3n) is 2.92. The van der Waals surface area contributed by atoms with Crippen LogP contribution in [0.2, 0.25) is 0 Å². The van der Waals surface area contributed by atoms with Crippen LogP contribution in [-0.4, -0.2) is 0 Å². The Morgan fingerprint density at radius 3 is 2.05 bits per heavy atom. The molecule has 2 rings (SSSR count). The molecule has 0 amide bonds. The lowest BCUT2D eigenvalue weighted by molar-refractivity contribution is -0.137. The normalized spacial score (nSPS) is 11.7. The summed E-state index contributed by atoms with van der Waals surface area (Å²) in [7, 11) is 0. The Morgan fingerprint density at radius 1 is 0.905 bits per heavy atom. The maximum atomic E-state index is 13.1. The fourth-order valence-corrected chi connectivity index (χ4v) is 2.24. The van der Waals surface area contributed by atoms with Crippen molar-refractivity contribution in [2.24, 2.45) is 0 Å². The zero-order valence-corrected chi connectivity index (χ0v) is 12.4. The van der Waals surface area contributed by atoms with Gasteiger partial charge in [0.15, 0.2) is 0 Å². The van der Waals surface area contributed by atoms with Crippen molar-refractivity contribution in [1.82, 2.24) is 5.32 Å². The summed E-state index contributed by atoms with van der Waals surface area (Å²) in [6.07, 6.45) is -4.31. The van der Waals surface area contributed by atoms with E-state index >= 15 is 0 Å². The number of nitrogens with one attached hydrogen (secondary N) is 1. The quantitative estimate of drug-likeness (QED) is 0.764. The molecule has 1 N–H and O–H groups in total. The van der Waals surface area contributed by atoms with E-state index in [-0.39, 0.29) is 5.82 Å². The summed E-state index contributed by atoms with van der Waals surface area (Å²) in [5.41, 5.74) is 0.980. The summed E-state index contributed by atoms with van der Waals surface area (Å²) in [5, 5.41) is 3.10. The summed E-state index contributed by atoms with van der Waals surface area (Å²) >= 11 is 3.10. The molecule has 0 spiro atoms. The fourth-order valence-electron chi connectivity index (χ4n) is 1.81. The molecule has 0 aliphatic heterocycles. The van der Waals surface area contributed by atoms with Crippen molar-refractivity contribution < 1.29 is 17.6 Å². The predicted octanol–water partition coefficient (Wildman–Crippen LogP) is 4.90. The van der Waals surface area contributed by atoms with Crippen molar-refractivity contribution in [2.75, 3.05) is 0 Å². The molecule has 6 heteroatoms. The minimum Gasteiger partial charge on any atom is -0.309 e. The number of halogens is 5. The van der Waals surface area contributed by atoms with Crippen molar-refractivity contribution in [3.05, 3.63) is 69.4 Å². The molecule has 0 aromatic heterocycles. The van der Waals surface area contributed by atoms with E-state index in [4.69, 9.17) is 0 Å². The zero-order chi connectivity index (χ0) is 15.5. The Hall–Kier alpha value is -1.40. The summed E-state index contributed by atoms with van der Waals surface area (Å²) in [5.74, 6) is -0.332. The van der Waals surface area contributed by atoms with Crippen LogP contribution in [0.1, 0.15) is 16.7 Å². The summed E-state index contributed by atoms with van der Waals surface area (Å²) < 4.78 is 50.7. The van der Waals surface area contributed by atoms with E-state index in [9.17, 15) is 17.6 Å². The summed E-state index contributed by atoms with van der Waals surface area (Å²) in [6, 6.07) is 9.68. The SMILES string of the molecule is Fc1ccc(CNCc2ccc(C(F)(F)F)cc2)cc1Br. The molecular formula is C15H12BrF4N. The van der Waals surface area contributed by atoms with Crippen LogP contribution in [0.4, 0.5) is 17.6 Å². The number of hydrogen-bond acceptors (Lipinski definition) is 1. The van der Waals surface area contributed by atoms with Crippen molar-refractivity contribution >= 4 is 15.9 Å². The molecule has 0 bridgehead atoms. The average molecular weight is 362 g/mol. The molecule has 0 atom stereocenters. The molecular weight excluding hydrogens is 350 g/mol. The van der Waals surface area contributed by atoms with Gasteiger partial charge in [-0.2, -0.15) is 13.2 Å². The van der Waals surface area contributed by atoms with Crippen LogP contribution in [0, 0.1) is 5.82 Å². The Kier molecular flexibility index (Phi) is 5.00. The van der Waals surface area contributed by atoms with E-state index in [1.165, 1.54) is 18.2 Å². The molecule has 0 heterocycles. The maximum absolute atomic E-state index is 13.1. The molecule has 0 unspecified atom stereocenters. The van der Waals surface area contributed by atoms with Gasteiger partial charge in [-0.05, 0) is 51.3 Å². The van der Waals surface area contributed by atoms with Crippen molar-refractivity contribution in [1.29, 1.82) is 0 Å². The van der Waals surface area contributed by atoms with Gasteiger partial charge < -0.3 is 5.32 Å². The Bertz CT molecular complexity index is 608. The standard InChI is InChI=1S/C15H12BrF4N/c16-13-7-11(3-6-14(13)17)9-21-8-10-1-4-12(5-2-10)15(18,19)20/h1-7,21H,8-9H2. The largest absolute Gasteiger partial charge is 0.416 e. The van der Waals surface area contributed by atoms with E-state index in [0.717, 1.165) is 23.3 Å². The van der Waals surface area contributed by atoms with E-state index in [1.807, 2.05) is 0 Å². The number of hydrogen-bond donors (Lipinski definition) is 1. The second kappa shape index (κ2) is 6.58. The van der Waals surface area contributed by atoms with Gasteiger partial charge >= 0.3 is 6.18 Å². The first-order chi connectivity index (χ1) is 9.86. The molecule has 0 saturated carbocycles. The van der Waals surface area contributed by atoms with Gasteiger partial charge in [-0.25, -0.2) is 4.39 Å². The third-order valence-corrected chi connectivity index (χ3v) is 3.53.